The van der Waals surface area contributed by atoms with Crippen LogP contribution in [0, 0.1) is 0 Å². The van der Waals surface area contributed by atoms with Gasteiger partial charge >= 0.3 is 12.0 Å². The summed E-state index contributed by atoms with van der Waals surface area (Å²) in [5.41, 5.74) is 4.94. The number of carboxylic acid groups (broad SMARTS) is 1. The average Bonchev–Trinajstić information content (AvgIpc) is 2.81. The molecule has 0 saturated heterocycles. The summed E-state index contributed by atoms with van der Waals surface area (Å²) >= 11 is 1.20. The third-order valence-electron chi connectivity index (χ3n) is 2.27. The molecule has 1 heterocycles. The zero-order valence-electron chi connectivity index (χ0n) is 10.8. The van der Waals surface area contributed by atoms with Crippen LogP contribution in [0.5, 0.6) is 0 Å². The molecule has 0 fully saturated rings. The summed E-state index contributed by atoms with van der Waals surface area (Å²) in [6.07, 6.45) is 0.488. The molecule has 1 rings (SSSR count). The van der Waals surface area contributed by atoms with Crippen molar-refractivity contribution in [3.8, 4) is 0 Å². The van der Waals surface area contributed by atoms with Gasteiger partial charge in [-0.15, -0.1) is 10.2 Å². The SMILES string of the molecule is CCc1nnc(NC(=O)NC(CCC(N)=O)C(=O)O)s1. The maximum atomic E-state index is 11.6. The first-order valence-electron chi connectivity index (χ1n) is 5.83. The van der Waals surface area contributed by atoms with Gasteiger partial charge in [0.25, 0.3) is 0 Å². The van der Waals surface area contributed by atoms with Crippen molar-refractivity contribution in [3.05, 3.63) is 5.01 Å². The van der Waals surface area contributed by atoms with E-state index in [1.807, 2.05) is 6.92 Å². The zero-order chi connectivity index (χ0) is 15.1. The molecule has 0 aliphatic carbocycles. The highest BCUT2D eigenvalue weighted by atomic mass is 32.1. The van der Waals surface area contributed by atoms with Crippen LogP contribution in [-0.4, -0.2) is 39.3 Å². The van der Waals surface area contributed by atoms with E-state index < -0.39 is 23.9 Å². The summed E-state index contributed by atoms with van der Waals surface area (Å²) in [4.78, 5) is 33.2. The summed E-state index contributed by atoms with van der Waals surface area (Å²) in [6.45, 7) is 1.90. The number of carboxylic acids is 1. The minimum absolute atomic E-state index is 0.0750. The maximum Gasteiger partial charge on any atom is 0.326 e. The van der Waals surface area contributed by atoms with Crippen LogP contribution in [0.4, 0.5) is 9.93 Å². The number of aliphatic carboxylic acids is 1. The fraction of sp³-hybridized carbons (Fsp3) is 0.500. The van der Waals surface area contributed by atoms with E-state index in [1.165, 1.54) is 11.3 Å². The molecule has 0 radical (unpaired) electrons. The number of hydrogen-bond acceptors (Lipinski definition) is 6. The van der Waals surface area contributed by atoms with Crippen molar-refractivity contribution in [2.75, 3.05) is 5.32 Å². The Labute approximate surface area is 118 Å². The van der Waals surface area contributed by atoms with E-state index in [0.717, 1.165) is 5.01 Å². The smallest absolute Gasteiger partial charge is 0.326 e. The Morgan fingerprint density at radius 1 is 1.40 bits per heavy atom. The quantitative estimate of drug-likeness (QED) is 0.554. The number of anilines is 1. The fourth-order valence-electron chi connectivity index (χ4n) is 1.28. The highest BCUT2D eigenvalue weighted by molar-refractivity contribution is 7.15. The minimum atomic E-state index is -1.24. The number of primary amides is 1. The van der Waals surface area contributed by atoms with Crippen molar-refractivity contribution in [2.45, 2.75) is 32.2 Å². The first kappa shape index (κ1) is 15.8. The predicted octanol–water partition coefficient (Wildman–Crippen LogP) is -0.0593. The lowest BCUT2D eigenvalue weighted by Crippen LogP contribution is -2.43. The van der Waals surface area contributed by atoms with Gasteiger partial charge in [-0.25, -0.2) is 9.59 Å². The highest BCUT2D eigenvalue weighted by Crippen LogP contribution is 2.15. The summed E-state index contributed by atoms with van der Waals surface area (Å²) in [5, 5.41) is 22.1. The lowest BCUT2D eigenvalue weighted by Gasteiger charge is -2.13. The molecule has 1 atom stereocenters. The molecule has 0 bridgehead atoms. The number of nitrogens with two attached hydrogens (primary N) is 1. The van der Waals surface area contributed by atoms with Gasteiger partial charge in [0.15, 0.2) is 0 Å². The van der Waals surface area contributed by atoms with Crippen LogP contribution in [0.15, 0.2) is 0 Å². The van der Waals surface area contributed by atoms with Gasteiger partial charge in [0.1, 0.15) is 11.0 Å². The number of rotatable bonds is 7. The number of hydrogen-bond donors (Lipinski definition) is 4. The van der Waals surface area contributed by atoms with Crippen LogP contribution in [0.25, 0.3) is 0 Å². The Morgan fingerprint density at radius 2 is 2.10 bits per heavy atom. The second-order valence-electron chi connectivity index (χ2n) is 3.85. The molecule has 1 unspecified atom stereocenters. The second kappa shape index (κ2) is 7.38. The molecule has 5 N–H and O–H groups in total. The van der Waals surface area contributed by atoms with E-state index in [9.17, 15) is 14.4 Å². The molecular formula is C10H15N5O4S. The third-order valence-corrected chi connectivity index (χ3v) is 3.26. The van der Waals surface area contributed by atoms with Gasteiger partial charge in [-0.2, -0.15) is 0 Å². The first-order chi connectivity index (χ1) is 9.42. The van der Waals surface area contributed by atoms with Gasteiger partial charge in [-0.1, -0.05) is 18.3 Å². The monoisotopic (exact) mass is 301 g/mol. The maximum absolute atomic E-state index is 11.6. The number of nitrogens with one attached hydrogen (secondary N) is 2. The Bertz CT molecular complexity index is 504. The van der Waals surface area contributed by atoms with Gasteiger partial charge in [0.05, 0.1) is 0 Å². The number of aryl methyl sites for hydroxylation is 1. The van der Waals surface area contributed by atoms with E-state index in [1.54, 1.807) is 0 Å². The number of carbonyl (C=O) groups excluding carboxylic acids is 2. The zero-order valence-corrected chi connectivity index (χ0v) is 11.6. The van der Waals surface area contributed by atoms with Crippen LogP contribution >= 0.6 is 11.3 Å². The molecule has 10 heteroatoms. The van der Waals surface area contributed by atoms with Crippen molar-refractivity contribution in [2.24, 2.45) is 5.73 Å². The number of nitrogens with zero attached hydrogens (tertiary/aromatic N) is 2. The second-order valence-corrected chi connectivity index (χ2v) is 4.91. The van der Waals surface area contributed by atoms with Crippen LogP contribution in [0.1, 0.15) is 24.8 Å². The van der Waals surface area contributed by atoms with Gasteiger partial charge < -0.3 is 16.2 Å². The largest absolute Gasteiger partial charge is 0.480 e. The van der Waals surface area contributed by atoms with Gasteiger partial charge in [-0.05, 0) is 12.8 Å². The van der Waals surface area contributed by atoms with E-state index in [-0.39, 0.29) is 18.0 Å². The normalized spacial score (nSPS) is 11.7. The Balaban J connectivity index is 2.52. The molecule has 3 amide bonds. The van der Waals surface area contributed by atoms with Crippen LogP contribution in [0.2, 0.25) is 0 Å². The standard InChI is InChI=1S/C10H15N5O4S/c1-2-7-14-15-10(20-7)13-9(19)12-5(8(17)18)3-4-6(11)16/h5H,2-4H2,1H3,(H2,11,16)(H,17,18)(H2,12,13,15,19). The van der Waals surface area contributed by atoms with Gasteiger partial charge in [-0.3, -0.25) is 10.1 Å². The van der Waals surface area contributed by atoms with Crippen molar-refractivity contribution in [1.82, 2.24) is 15.5 Å². The molecule has 0 aromatic carbocycles. The van der Waals surface area contributed by atoms with Crippen LogP contribution in [-0.2, 0) is 16.0 Å². The molecule has 0 saturated carbocycles. The number of amides is 3. The molecule has 0 spiro atoms. The van der Waals surface area contributed by atoms with Crippen LogP contribution < -0.4 is 16.4 Å². The molecule has 0 aliphatic rings. The molecular weight excluding hydrogens is 286 g/mol. The predicted molar refractivity (Wildman–Crippen MR) is 71.3 cm³/mol. The third kappa shape index (κ3) is 5.18. The molecule has 1 aromatic heterocycles. The molecule has 9 nitrogen and oxygen atoms in total. The fourth-order valence-corrected chi connectivity index (χ4v) is 1.96. The number of aromatic nitrogens is 2. The van der Waals surface area contributed by atoms with Gasteiger partial charge in [0, 0.05) is 6.42 Å². The van der Waals surface area contributed by atoms with Crippen LogP contribution in [0.3, 0.4) is 0 Å². The molecule has 0 aliphatic heterocycles. The van der Waals surface area contributed by atoms with E-state index in [0.29, 0.717) is 6.42 Å². The number of urea groups is 1. The lowest BCUT2D eigenvalue weighted by molar-refractivity contribution is -0.139. The summed E-state index contributed by atoms with van der Waals surface area (Å²) < 4.78 is 0. The summed E-state index contributed by atoms with van der Waals surface area (Å²) in [6, 6.07) is -1.92. The number of carbonyl (C=O) groups is 3. The van der Waals surface area contributed by atoms with Crippen molar-refractivity contribution in [1.29, 1.82) is 0 Å². The van der Waals surface area contributed by atoms with Gasteiger partial charge in [0.2, 0.25) is 11.0 Å². The highest BCUT2D eigenvalue weighted by Gasteiger charge is 2.21. The van der Waals surface area contributed by atoms with Crippen molar-refractivity contribution >= 4 is 34.4 Å². The van der Waals surface area contributed by atoms with E-state index >= 15 is 0 Å². The molecule has 1 aromatic rings. The topological polar surface area (TPSA) is 147 Å². The Hall–Kier alpha value is -2.23. The van der Waals surface area contributed by atoms with Crippen molar-refractivity contribution < 1.29 is 19.5 Å². The average molecular weight is 301 g/mol. The molecule has 20 heavy (non-hydrogen) atoms. The van der Waals surface area contributed by atoms with E-state index in [2.05, 4.69) is 20.8 Å². The Kier molecular flexibility index (Phi) is 5.84. The first-order valence-corrected chi connectivity index (χ1v) is 6.65. The lowest BCUT2D eigenvalue weighted by atomic mass is 10.1. The molecule has 110 valence electrons. The summed E-state index contributed by atoms with van der Waals surface area (Å²) in [7, 11) is 0. The van der Waals surface area contributed by atoms with Crippen molar-refractivity contribution in [3.63, 3.8) is 0 Å². The summed E-state index contributed by atoms with van der Waals surface area (Å²) in [5.74, 6) is -1.87. The Morgan fingerprint density at radius 3 is 2.60 bits per heavy atom. The van der Waals surface area contributed by atoms with E-state index in [4.69, 9.17) is 10.8 Å². The minimum Gasteiger partial charge on any atom is -0.480 e.